The van der Waals surface area contributed by atoms with Crippen LogP contribution in [0.5, 0.6) is 0 Å². The molecule has 1 N–H and O–H groups in total. The van der Waals surface area contributed by atoms with Crippen molar-refractivity contribution in [1.82, 2.24) is 14.9 Å². The molecule has 0 radical (unpaired) electrons. The Kier molecular flexibility index (Phi) is 5.91. The van der Waals surface area contributed by atoms with Gasteiger partial charge in [0.15, 0.2) is 0 Å². The smallest absolute Gasteiger partial charge is 0.265 e. The molecule has 0 bridgehead atoms. The lowest BCUT2D eigenvalue weighted by Crippen LogP contribution is -2.34. The maximum Gasteiger partial charge on any atom is 0.265 e. The van der Waals surface area contributed by atoms with Crippen molar-refractivity contribution in [2.24, 2.45) is 5.92 Å². The molecule has 2 heterocycles. The molecule has 3 rings (SSSR count). The first-order valence-corrected chi connectivity index (χ1v) is 9.34. The summed E-state index contributed by atoms with van der Waals surface area (Å²) in [5, 5.41) is 4.23. The average molecular weight is 384 g/mol. The molecule has 0 aliphatic carbocycles. The summed E-state index contributed by atoms with van der Waals surface area (Å²) < 4.78 is 1.54. The molecule has 27 heavy (non-hydrogen) atoms. The molecular formula is C21H22ClN3O2. The van der Waals surface area contributed by atoms with Gasteiger partial charge in [-0.05, 0) is 48.2 Å². The Morgan fingerprint density at radius 3 is 2.67 bits per heavy atom. The number of carbonyl (C=O) groups is 1. The number of hydrogen-bond acceptors (Lipinski definition) is 3. The fraction of sp³-hybridized carbons (Fsp3) is 0.286. The predicted molar refractivity (Wildman–Crippen MR) is 108 cm³/mol. The molecule has 1 aromatic carbocycles. The van der Waals surface area contributed by atoms with Crippen molar-refractivity contribution < 1.29 is 4.79 Å². The van der Waals surface area contributed by atoms with E-state index in [0.717, 1.165) is 17.4 Å². The number of pyridine rings is 2. The zero-order chi connectivity index (χ0) is 19.4. The molecule has 140 valence electrons. The highest BCUT2D eigenvalue weighted by Gasteiger charge is 2.16. The van der Waals surface area contributed by atoms with E-state index in [9.17, 15) is 9.59 Å². The van der Waals surface area contributed by atoms with Crippen LogP contribution < -0.4 is 10.9 Å². The SMILES string of the molecule is CC(C)CCNC(=O)c1cc2cccnc2n(Cc2ccc(Cl)cc2)c1=O. The number of nitrogens with zero attached hydrogens (tertiary/aromatic N) is 2. The highest BCUT2D eigenvalue weighted by Crippen LogP contribution is 2.15. The third kappa shape index (κ3) is 4.55. The van der Waals surface area contributed by atoms with Gasteiger partial charge in [0.2, 0.25) is 0 Å². The molecule has 2 aromatic heterocycles. The fourth-order valence-electron chi connectivity index (χ4n) is 2.86. The van der Waals surface area contributed by atoms with E-state index in [0.29, 0.717) is 29.7 Å². The minimum Gasteiger partial charge on any atom is -0.352 e. The quantitative estimate of drug-likeness (QED) is 0.702. The van der Waals surface area contributed by atoms with Gasteiger partial charge in [0.1, 0.15) is 11.2 Å². The van der Waals surface area contributed by atoms with Crippen molar-refractivity contribution >= 4 is 28.5 Å². The van der Waals surface area contributed by atoms with Crippen LogP contribution in [0.2, 0.25) is 5.02 Å². The summed E-state index contributed by atoms with van der Waals surface area (Å²) in [4.78, 5) is 30.0. The molecule has 3 aromatic rings. The van der Waals surface area contributed by atoms with E-state index in [4.69, 9.17) is 11.6 Å². The van der Waals surface area contributed by atoms with Crippen LogP contribution in [0.3, 0.4) is 0 Å². The number of carbonyl (C=O) groups excluding carboxylic acids is 1. The molecule has 0 saturated carbocycles. The van der Waals surface area contributed by atoms with Crippen LogP contribution in [0, 0.1) is 5.92 Å². The molecule has 6 heteroatoms. The average Bonchev–Trinajstić information content (AvgIpc) is 2.65. The number of fused-ring (bicyclic) bond motifs is 1. The van der Waals surface area contributed by atoms with E-state index in [1.165, 1.54) is 4.57 Å². The van der Waals surface area contributed by atoms with Gasteiger partial charge in [-0.25, -0.2) is 4.98 Å². The van der Waals surface area contributed by atoms with E-state index in [-0.39, 0.29) is 17.0 Å². The molecule has 0 saturated heterocycles. The van der Waals surface area contributed by atoms with Crippen LogP contribution in [0.25, 0.3) is 11.0 Å². The minimum atomic E-state index is -0.351. The van der Waals surface area contributed by atoms with E-state index >= 15 is 0 Å². The van der Waals surface area contributed by atoms with Gasteiger partial charge < -0.3 is 5.32 Å². The molecule has 0 atom stereocenters. The first kappa shape index (κ1) is 19.1. The van der Waals surface area contributed by atoms with Gasteiger partial charge in [-0.1, -0.05) is 37.6 Å². The molecule has 0 spiro atoms. The van der Waals surface area contributed by atoms with E-state index < -0.39 is 0 Å². The van der Waals surface area contributed by atoms with Gasteiger partial charge in [-0.3, -0.25) is 14.2 Å². The Labute approximate surface area is 163 Å². The number of hydrogen-bond donors (Lipinski definition) is 1. The maximum absolute atomic E-state index is 13.0. The standard InChI is InChI=1S/C21H22ClN3O2/c1-14(2)9-11-24-20(26)18-12-16-4-3-10-23-19(16)25(21(18)27)13-15-5-7-17(22)8-6-15/h3-8,10,12,14H,9,11,13H2,1-2H3,(H,24,26). The van der Waals surface area contributed by atoms with E-state index in [1.807, 2.05) is 18.2 Å². The Balaban J connectivity index is 2.00. The zero-order valence-corrected chi connectivity index (χ0v) is 16.2. The Bertz CT molecular complexity index is 1010. The normalized spacial score (nSPS) is 11.1. The number of amides is 1. The monoisotopic (exact) mass is 383 g/mol. The van der Waals surface area contributed by atoms with Crippen LogP contribution in [0.4, 0.5) is 0 Å². The second kappa shape index (κ2) is 8.35. The van der Waals surface area contributed by atoms with Crippen molar-refractivity contribution in [3.63, 3.8) is 0 Å². The molecule has 0 fully saturated rings. The van der Waals surface area contributed by atoms with Gasteiger partial charge in [0.05, 0.1) is 6.54 Å². The van der Waals surface area contributed by atoms with Gasteiger partial charge in [0.25, 0.3) is 11.5 Å². The molecule has 1 amide bonds. The third-order valence-corrected chi connectivity index (χ3v) is 4.61. The summed E-state index contributed by atoms with van der Waals surface area (Å²) in [6, 6.07) is 12.5. The number of nitrogens with one attached hydrogen (secondary N) is 1. The summed E-state index contributed by atoms with van der Waals surface area (Å²) in [5.74, 6) is 0.129. The largest absolute Gasteiger partial charge is 0.352 e. The number of aromatic nitrogens is 2. The van der Waals surface area contributed by atoms with Gasteiger partial charge in [-0.15, -0.1) is 0 Å². The number of rotatable bonds is 6. The van der Waals surface area contributed by atoms with Crippen LogP contribution >= 0.6 is 11.6 Å². The number of benzene rings is 1. The topological polar surface area (TPSA) is 64.0 Å². The predicted octanol–water partition coefficient (Wildman–Crippen LogP) is 3.87. The van der Waals surface area contributed by atoms with E-state index in [1.54, 1.807) is 30.5 Å². The first-order valence-electron chi connectivity index (χ1n) is 8.97. The van der Waals surface area contributed by atoms with Crippen LogP contribution in [0.15, 0.2) is 53.5 Å². The molecular weight excluding hydrogens is 362 g/mol. The molecule has 0 aliphatic heterocycles. The molecule has 5 nitrogen and oxygen atoms in total. The summed E-state index contributed by atoms with van der Waals surface area (Å²) in [6.07, 6.45) is 2.50. The lowest BCUT2D eigenvalue weighted by atomic mass is 10.1. The van der Waals surface area contributed by atoms with Crippen LogP contribution in [-0.2, 0) is 6.54 Å². The second-order valence-electron chi connectivity index (χ2n) is 6.93. The van der Waals surface area contributed by atoms with Crippen molar-refractivity contribution in [3.8, 4) is 0 Å². The van der Waals surface area contributed by atoms with Gasteiger partial charge in [0, 0.05) is 23.2 Å². The fourth-order valence-corrected chi connectivity index (χ4v) is 2.98. The Morgan fingerprint density at radius 2 is 1.96 bits per heavy atom. The van der Waals surface area contributed by atoms with Gasteiger partial charge in [-0.2, -0.15) is 0 Å². The number of halogens is 1. The van der Waals surface area contributed by atoms with Crippen molar-refractivity contribution in [1.29, 1.82) is 0 Å². The van der Waals surface area contributed by atoms with Crippen LogP contribution in [-0.4, -0.2) is 22.0 Å². The minimum absolute atomic E-state index is 0.133. The Morgan fingerprint density at radius 1 is 1.22 bits per heavy atom. The molecule has 0 aliphatic rings. The van der Waals surface area contributed by atoms with Crippen LogP contribution in [0.1, 0.15) is 36.2 Å². The first-order chi connectivity index (χ1) is 13.0. The lowest BCUT2D eigenvalue weighted by molar-refractivity contribution is 0.0950. The highest BCUT2D eigenvalue weighted by molar-refractivity contribution is 6.30. The van der Waals surface area contributed by atoms with E-state index in [2.05, 4.69) is 24.1 Å². The zero-order valence-electron chi connectivity index (χ0n) is 15.4. The third-order valence-electron chi connectivity index (χ3n) is 4.35. The maximum atomic E-state index is 13.0. The summed E-state index contributed by atoms with van der Waals surface area (Å²) in [7, 11) is 0. The van der Waals surface area contributed by atoms with Crippen molar-refractivity contribution in [2.45, 2.75) is 26.8 Å². The van der Waals surface area contributed by atoms with Crippen molar-refractivity contribution in [2.75, 3.05) is 6.54 Å². The summed E-state index contributed by atoms with van der Waals surface area (Å²) >= 11 is 5.94. The van der Waals surface area contributed by atoms with Crippen molar-refractivity contribution in [3.05, 3.63) is 75.2 Å². The Hall–Kier alpha value is -2.66. The summed E-state index contributed by atoms with van der Waals surface area (Å²) in [5.41, 5.74) is 1.24. The highest BCUT2D eigenvalue weighted by atomic mass is 35.5. The summed E-state index contributed by atoms with van der Waals surface area (Å²) in [6.45, 7) is 5.04. The lowest BCUT2D eigenvalue weighted by Gasteiger charge is -2.13. The van der Waals surface area contributed by atoms with Gasteiger partial charge >= 0.3 is 0 Å². The second-order valence-corrected chi connectivity index (χ2v) is 7.37. The molecule has 0 unspecified atom stereocenters.